The van der Waals surface area contributed by atoms with E-state index >= 15 is 0 Å². The highest BCUT2D eigenvalue weighted by molar-refractivity contribution is 7.17. The molecule has 0 aliphatic carbocycles. The average molecular weight is 363 g/mol. The number of unbranched alkanes of at least 4 members (excludes halogenated alkanes) is 1. The Morgan fingerprint density at radius 2 is 2.08 bits per heavy atom. The molecule has 0 N–H and O–H groups in total. The summed E-state index contributed by atoms with van der Waals surface area (Å²) in [6.45, 7) is 6.06. The fourth-order valence-corrected chi connectivity index (χ4v) is 3.96. The number of piperidine rings is 1. The van der Waals surface area contributed by atoms with Crippen molar-refractivity contribution in [2.75, 3.05) is 26.2 Å². The molecule has 1 aliphatic heterocycles. The van der Waals surface area contributed by atoms with E-state index in [4.69, 9.17) is 4.74 Å². The number of carbonyl (C=O) groups is 1. The first-order valence-electron chi connectivity index (χ1n) is 9.07. The third-order valence-corrected chi connectivity index (χ3v) is 5.50. The third kappa shape index (κ3) is 4.27. The molecule has 7 heteroatoms. The zero-order valence-electron chi connectivity index (χ0n) is 14.7. The summed E-state index contributed by atoms with van der Waals surface area (Å²) in [6.07, 6.45) is 7.13. The Bertz CT molecular complexity index is 777. The van der Waals surface area contributed by atoms with E-state index in [0.717, 1.165) is 32.5 Å². The fraction of sp³-hybridized carbons (Fsp3) is 0.611. The molecular weight excluding hydrogens is 338 g/mol. The standard InChI is InChI=1S/C18H25N3O3S/c1-2-3-11-24-18(23)14-12-25-16-15(14)17(22)21(13-19-16)10-9-20-7-5-4-6-8-20/h12-13H,2-11H2,1H3. The van der Waals surface area contributed by atoms with Crippen LogP contribution < -0.4 is 5.56 Å². The molecule has 2 aromatic rings. The van der Waals surface area contributed by atoms with Gasteiger partial charge in [-0.1, -0.05) is 19.8 Å². The van der Waals surface area contributed by atoms with Gasteiger partial charge in [0.15, 0.2) is 0 Å². The lowest BCUT2D eigenvalue weighted by Gasteiger charge is -2.26. The molecule has 3 heterocycles. The van der Waals surface area contributed by atoms with E-state index in [9.17, 15) is 9.59 Å². The van der Waals surface area contributed by atoms with Crippen LogP contribution in [0.3, 0.4) is 0 Å². The van der Waals surface area contributed by atoms with Gasteiger partial charge in [-0.3, -0.25) is 9.36 Å². The van der Waals surface area contributed by atoms with Crippen molar-refractivity contribution in [2.24, 2.45) is 0 Å². The second-order valence-electron chi connectivity index (χ2n) is 6.46. The van der Waals surface area contributed by atoms with Crippen LogP contribution in [0.2, 0.25) is 0 Å². The van der Waals surface area contributed by atoms with Crippen LogP contribution in [0.25, 0.3) is 10.2 Å². The van der Waals surface area contributed by atoms with Gasteiger partial charge >= 0.3 is 5.97 Å². The molecule has 3 rings (SSSR count). The minimum absolute atomic E-state index is 0.147. The zero-order valence-corrected chi connectivity index (χ0v) is 15.5. The molecule has 6 nitrogen and oxygen atoms in total. The normalized spacial score (nSPS) is 15.6. The van der Waals surface area contributed by atoms with Crippen LogP contribution in [0, 0.1) is 0 Å². The van der Waals surface area contributed by atoms with E-state index in [-0.39, 0.29) is 5.56 Å². The molecule has 0 aromatic carbocycles. The molecule has 0 atom stereocenters. The minimum atomic E-state index is -0.424. The highest BCUT2D eigenvalue weighted by atomic mass is 32.1. The lowest BCUT2D eigenvalue weighted by atomic mass is 10.1. The number of hydrogen-bond acceptors (Lipinski definition) is 6. The van der Waals surface area contributed by atoms with Gasteiger partial charge in [0.2, 0.25) is 0 Å². The summed E-state index contributed by atoms with van der Waals surface area (Å²) < 4.78 is 6.89. The lowest BCUT2D eigenvalue weighted by molar-refractivity contribution is 0.0502. The van der Waals surface area contributed by atoms with Crippen LogP contribution in [0.4, 0.5) is 0 Å². The summed E-state index contributed by atoms with van der Waals surface area (Å²) >= 11 is 1.31. The smallest absolute Gasteiger partial charge is 0.339 e. The van der Waals surface area contributed by atoms with Crippen molar-refractivity contribution in [2.45, 2.75) is 45.6 Å². The molecule has 0 amide bonds. The number of fused-ring (bicyclic) bond motifs is 1. The Morgan fingerprint density at radius 1 is 1.28 bits per heavy atom. The quantitative estimate of drug-likeness (QED) is 0.559. The van der Waals surface area contributed by atoms with E-state index in [1.165, 1.54) is 30.6 Å². The Balaban J connectivity index is 1.76. The van der Waals surface area contributed by atoms with Gasteiger partial charge < -0.3 is 9.64 Å². The number of thiophene rings is 1. The summed E-state index contributed by atoms with van der Waals surface area (Å²) in [5.41, 5.74) is 0.201. The van der Waals surface area contributed by atoms with Crippen LogP contribution >= 0.6 is 11.3 Å². The predicted molar refractivity (Wildman–Crippen MR) is 99.4 cm³/mol. The Hall–Kier alpha value is -1.73. The van der Waals surface area contributed by atoms with Crippen molar-refractivity contribution in [3.05, 3.63) is 27.6 Å². The monoisotopic (exact) mass is 363 g/mol. The van der Waals surface area contributed by atoms with Gasteiger partial charge in [0.05, 0.1) is 23.9 Å². The van der Waals surface area contributed by atoms with Gasteiger partial charge in [-0.25, -0.2) is 9.78 Å². The van der Waals surface area contributed by atoms with E-state index in [1.807, 2.05) is 6.92 Å². The van der Waals surface area contributed by atoms with Gasteiger partial charge in [-0.2, -0.15) is 0 Å². The number of likely N-dealkylation sites (tertiary alicyclic amines) is 1. The second-order valence-corrected chi connectivity index (χ2v) is 7.32. The van der Waals surface area contributed by atoms with Crippen LogP contribution in [-0.4, -0.2) is 46.7 Å². The Labute approximate surface area is 151 Å². The highest BCUT2D eigenvalue weighted by Gasteiger charge is 2.19. The molecule has 1 fully saturated rings. The van der Waals surface area contributed by atoms with Crippen molar-refractivity contribution in [1.82, 2.24) is 14.5 Å². The van der Waals surface area contributed by atoms with Gasteiger partial charge in [-0.05, 0) is 32.4 Å². The summed E-state index contributed by atoms with van der Waals surface area (Å²) in [5.74, 6) is -0.424. The van der Waals surface area contributed by atoms with Gasteiger partial charge in [0, 0.05) is 18.5 Å². The number of hydrogen-bond donors (Lipinski definition) is 0. The van der Waals surface area contributed by atoms with Crippen LogP contribution in [-0.2, 0) is 11.3 Å². The molecule has 0 radical (unpaired) electrons. The number of nitrogens with zero attached hydrogens (tertiary/aromatic N) is 3. The topological polar surface area (TPSA) is 64.4 Å². The molecule has 2 aromatic heterocycles. The summed E-state index contributed by atoms with van der Waals surface area (Å²) in [6, 6.07) is 0. The molecular formula is C18H25N3O3S. The maximum Gasteiger partial charge on any atom is 0.339 e. The number of esters is 1. The van der Waals surface area contributed by atoms with Crippen LogP contribution in [0.5, 0.6) is 0 Å². The van der Waals surface area contributed by atoms with E-state index < -0.39 is 5.97 Å². The fourth-order valence-electron chi connectivity index (χ4n) is 3.10. The maximum atomic E-state index is 12.8. The molecule has 1 aliphatic rings. The Morgan fingerprint density at radius 3 is 2.84 bits per heavy atom. The summed E-state index contributed by atoms with van der Waals surface area (Å²) in [4.78, 5) is 32.4. The first kappa shape index (κ1) is 18.1. The zero-order chi connectivity index (χ0) is 17.6. The van der Waals surface area contributed by atoms with E-state index in [1.54, 1.807) is 16.3 Å². The van der Waals surface area contributed by atoms with Gasteiger partial charge in [-0.15, -0.1) is 11.3 Å². The first-order valence-corrected chi connectivity index (χ1v) is 9.94. The van der Waals surface area contributed by atoms with E-state index in [2.05, 4.69) is 9.88 Å². The number of rotatable bonds is 7. The maximum absolute atomic E-state index is 12.8. The highest BCUT2D eigenvalue weighted by Crippen LogP contribution is 2.21. The number of aromatic nitrogens is 2. The molecule has 0 unspecified atom stereocenters. The average Bonchev–Trinajstić information content (AvgIpc) is 3.07. The summed E-state index contributed by atoms with van der Waals surface area (Å²) in [5, 5.41) is 2.08. The van der Waals surface area contributed by atoms with Crippen molar-refractivity contribution in [3.8, 4) is 0 Å². The molecule has 1 saturated heterocycles. The summed E-state index contributed by atoms with van der Waals surface area (Å²) in [7, 11) is 0. The molecule has 0 saturated carbocycles. The largest absolute Gasteiger partial charge is 0.462 e. The molecule has 136 valence electrons. The predicted octanol–water partition coefficient (Wildman–Crippen LogP) is 2.90. The van der Waals surface area contributed by atoms with E-state index in [0.29, 0.717) is 28.9 Å². The Kier molecular flexibility index (Phi) is 6.20. The molecule has 0 bridgehead atoms. The van der Waals surface area contributed by atoms with Crippen molar-refractivity contribution < 1.29 is 9.53 Å². The van der Waals surface area contributed by atoms with Crippen molar-refractivity contribution in [1.29, 1.82) is 0 Å². The van der Waals surface area contributed by atoms with Gasteiger partial charge in [0.1, 0.15) is 4.83 Å². The van der Waals surface area contributed by atoms with Crippen LogP contribution in [0.15, 0.2) is 16.5 Å². The second kappa shape index (κ2) is 8.58. The number of carbonyl (C=O) groups excluding carboxylic acids is 1. The van der Waals surface area contributed by atoms with Gasteiger partial charge in [0.25, 0.3) is 5.56 Å². The molecule has 25 heavy (non-hydrogen) atoms. The lowest BCUT2D eigenvalue weighted by Crippen LogP contribution is -2.34. The number of ether oxygens (including phenoxy) is 1. The minimum Gasteiger partial charge on any atom is -0.462 e. The first-order chi connectivity index (χ1) is 12.2. The van der Waals surface area contributed by atoms with Crippen molar-refractivity contribution in [3.63, 3.8) is 0 Å². The third-order valence-electron chi connectivity index (χ3n) is 4.62. The van der Waals surface area contributed by atoms with Crippen molar-refractivity contribution >= 4 is 27.5 Å². The van der Waals surface area contributed by atoms with Crippen LogP contribution in [0.1, 0.15) is 49.4 Å². The molecule has 0 spiro atoms. The SMILES string of the molecule is CCCCOC(=O)c1csc2ncn(CCN3CCCCC3)c(=O)c12.